The summed E-state index contributed by atoms with van der Waals surface area (Å²) in [5.41, 5.74) is 0. The van der Waals surface area contributed by atoms with E-state index < -0.39 is 0 Å². The topological polar surface area (TPSA) is 0 Å². The van der Waals surface area contributed by atoms with Gasteiger partial charge in [0.05, 0.1) is 0 Å². The highest BCUT2D eigenvalue weighted by atomic mass is 14.2. The van der Waals surface area contributed by atoms with E-state index in [9.17, 15) is 0 Å². The van der Waals surface area contributed by atoms with Gasteiger partial charge in [0.25, 0.3) is 0 Å². The third kappa shape index (κ3) is 5.18. The van der Waals surface area contributed by atoms with Crippen LogP contribution in [0.15, 0.2) is 0 Å². The molecule has 2 aliphatic carbocycles. The van der Waals surface area contributed by atoms with Gasteiger partial charge in [0.1, 0.15) is 0 Å². The predicted octanol–water partition coefficient (Wildman–Crippen LogP) is 4.93. The van der Waals surface area contributed by atoms with Crippen LogP contribution in [0.4, 0.5) is 0 Å². The van der Waals surface area contributed by atoms with Crippen LogP contribution in [0, 0.1) is 35.5 Å². The molecule has 2 saturated carbocycles. The Kier molecular flexibility index (Phi) is 6.22. The molecule has 0 bridgehead atoms. The van der Waals surface area contributed by atoms with Crippen molar-refractivity contribution in [1.29, 1.82) is 0 Å². The van der Waals surface area contributed by atoms with Crippen LogP contribution >= 0.6 is 0 Å². The van der Waals surface area contributed by atoms with E-state index in [0.29, 0.717) is 0 Å². The Morgan fingerprint density at radius 1 is 0.556 bits per heavy atom. The summed E-state index contributed by atoms with van der Waals surface area (Å²) in [6.07, 6.45) is 16.3. The average molecular weight is 242 g/mol. The van der Waals surface area contributed by atoms with E-state index in [0.717, 1.165) is 24.7 Å². The second kappa shape index (κ2) is 8.26. The van der Waals surface area contributed by atoms with Gasteiger partial charge in [-0.05, 0) is 49.4 Å². The number of hydrogen-bond donors (Lipinski definition) is 0. The summed E-state index contributed by atoms with van der Waals surface area (Å²) in [5.74, 6) is 14.4. The van der Waals surface area contributed by atoms with Crippen LogP contribution in [-0.4, -0.2) is 0 Å². The third-order valence-electron chi connectivity index (χ3n) is 4.47. The molecule has 0 unspecified atom stereocenters. The maximum Gasteiger partial charge on any atom is 0.0127 e. The molecular formula is C18H26. The Hall–Kier alpha value is -0.880. The Balaban J connectivity index is 1.61. The fraction of sp³-hybridized carbons (Fsp3) is 0.778. The second-order valence-corrected chi connectivity index (χ2v) is 6.02. The van der Waals surface area contributed by atoms with Gasteiger partial charge >= 0.3 is 0 Å². The fourth-order valence-corrected chi connectivity index (χ4v) is 3.26. The smallest absolute Gasteiger partial charge is 0.0127 e. The van der Waals surface area contributed by atoms with Crippen molar-refractivity contribution in [3.63, 3.8) is 0 Å². The molecule has 0 amide bonds. The molecule has 0 aromatic rings. The fourth-order valence-electron chi connectivity index (χ4n) is 3.26. The quantitative estimate of drug-likeness (QED) is 0.602. The van der Waals surface area contributed by atoms with E-state index in [-0.39, 0.29) is 0 Å². The number of hydrogen-bond acceptors (Lipinski definition) is 0. The Bertz CT molecular complexity index is 296. The van der Waals surface area contributed by atoms with Gasteiger partial charge in [-0.2, -0.15) is 0 Å². The molecule has 0 radical (unpaired) electrons. The molecule has 0 saturated heterocycles. The molecule has 2 rings (SSSR count). The highest BCUT2D eigenvalue weighted by molar-refractivity contribution is 5.26. The molecule has 0 aliphatic heterocycles. The van der Waals surface area contributed by atoms with Crippen molar-refractivity contribution in [2.45, 2.75) is 77.0 Å². The van der Waals surface area contributed by atoms with E-state index >= 15 is 0 Å². The Morgan fingerprint density at radius 2 is 0.944 bits per heavy atom. The second-order valence-electron chi connectivity index (χ2n) is 6.02. The van der Waals surface area contributed by atoms with Gasteiger partial charge in [0.15, 0.2) is 0 Å². The van der Waals surface area contributed by atoms with Gasteiger partial charge in [-0.25, -0.2) is 0 Å². The minimum Gasteiger partial charge on any atom is -0.0888 e. The molecule has 0 spiro atoms. The first-order valence-electron chi connectivity index (χ1n) is 7.91. The maximum absolute atomic E-state index is 3.27. The van der Waals surface area contributed by atoms with Crippen LogP contribution in [0.3, 0.4) is 0 Å². The molecule has 0 aromatic carbocycles. The molecule has 0 nitrogen and oxygen atoms in total. The monoisotopic (exact) mass is 242 g/mol. The van der Waals surface area contributed by atoms with E-state index in [2.05, 4.69) is 23.7 Å². The SMILES string of the molecule is C(C#CCC1CCCCC1)#CCC1CCCCC1. The molecule has 0 heteroatoms. The lowest BCUT2D eigenvalue weighted by molar-refractivity contribution is 0.365. The summed E-state index contributed by atoms with van der Waals surface area (Å²) in [5, 5.41) is 0. The van der Waals surface area contributed by atoms with Crippen molar-refractivity contribution in [1.82, 2.24) is 0 Å². The summed E-state index contributed by atoms with van der Waals surface area (Å²) in [6, 6.07) is 0. The van der Waals surface area contributed by atoms with Crippen molar-refractivity contribution in [2.24, 2.45) is 11.8 Å². The summed E-state index contributed by atoms with van der Waals surface area (Å²) < 4.78 is 0. The highest BCUT2D eigenvalue weighted by Crippen LogP contribution is 2.26. The van der Waals surface area contributed by atoms with E-state index in [1.54, 1.807) is 0 Å². The largest absolute Gasteiger partial charge is 0.0888 e. The van der Waals surface area contributed by atoms with Crippen LogP contribution in [0.2, 0.25) is 0 Å². The predicted molar refractivity (Wildman–Crippen MR) is 77.9 cm³/mol. The van der Waals surface area contributed by atoms with Gasteiger partial charge in [-0.1, -0.05) is 50.4 Å². The van der Waals surface area contributed by atoms with E-state index in [1.165, 1.54) is 64.2 Å². The first kappa shape index (κ1) is 13.5. The molecule has 0 heterocycles. The molecule has 2 aliphatic rings. The van der Waals surface area contributed by atoms with Crippen LogP contribution in [0.25, 0.3) is 0 Å². The molecule has 0 aromatic heterocycles. The lowest BCUT2D eigenvalue weighted by Crippen LogP contribution is -2.04. The molecule has 2 fully saturated rings. The Labute approximate surface area is 113 Å². The zero-order valence-corrected chi connectivity index (χ0v) is 11.6. The molecule has 18 heavy (non-hydrogen) atoms. The maximum atomic E-state index is 3.27. The van der Waals surface area contributed by atoms with Crippen LogP contribution in [0.5, 0.6) is 0 Å². The van der Waals surface area contributed by atoms with Gasteiger partial charge in [-0.3, -0.25) is 0 Å². The van der Waals surface area contributed by atoms with E-state index in [4.69, 9.17) is 0 Å². The summed E-state index contributed by atoms with van der Waals surface area (Å²) in [7, 11) is 0. The standard InChI is InChI=1S/C18H26/c1(5-11-17-13-7-3-8-14-17)2-6-12-18-15-9-4-10-16-18/h17-18H,3-4,7-16H2. The first-order valence-corrected chi connectivity index (χ1v) is 7.91. The van der Waals surface area contributed by atoms with Crippen molar-refractivity contribution in [2.75, 3.05) is 0 Å². The molecule has 98 valence electrons. The van der Waals surface area contributed by atoms with E-state index in [1.807, 2.05) is 0 Å². The van der Waals surface area contributed by atoms with Gasteiger partial charge in [0, 0.05) is 12.8 Å². The molecule has 0 atom stereocenters. The highest BCUT2D eigenvalue weighted by Gasteiger charge is 2.12. The van der Waals surface area contributed by atoms with Crippen LogP contribution in [0.1, 0.15) is 77.0 Å². The summed E-state index contributed by atoms with van der Waals surface area (Å²) in [4.78, 5) is 0. The average Bonchev–Trinajstić information content (AvgIpc) is 2.45. The van der Waals surface area contributed by atoms with Gasteiger partial charge in [0.2, 0.25) is 0 Å². The normalized spacial score (nSPS) is 21.6. The van der Waals surface area contributed by atoms with Crippen molar-refractivity contribution in [3.8, 4) is 23.7 Å². The van der Waals surface area contributed by atoms with Gasteiger partial charge < -0.3 is 0 Å². The van der Waals surface area contributed by atoms with Crippen molar-refractivity contribution >= 4 is 0 Å². The van der Waals surface area contributed by atoms with Crippen molar-refractivity contribution < 1.29 is 0 Å². The van der Waals surface area contributed by atoms with Crippen LogP contribution in [-0.2, 0) is 0 Å². The number of rotatable bonds is 2. The lowest BCUT2D eigenvalue weighted by Gasteiger charge is -2.18. The first-order chi connectivity index (χ1) is 8.95. The zero-order valence-electron chi connectivity index (χ0n) is 11.6. The van der Waals surface area contributed by atoms with Crippen molar-refractivity contribution in [3.05, 3.63) is 0 Å². The minimum absolute atomic E-state index is 0.867. The summed E-state index contributed by atoms with van der Waals surface area (Å²) in [6.45, 7) is 0. The summed E-state index contributed by atoms with van der Waals surface area (Å²) >= 11 is 0. The Morgan fingerprint density at radius 3 is 1.33 bits per heavy atom. The minimum atomic E-state index is 0.867. The molecule has 0 N–H and O–H groups in total. The molecular weight excluding hydrogens is 216 g/mol. The van der Waals surface area contributed by atoms with Gasteiger partial charge in [-0.15, -0.1) is 0 Å². The zero-order chi connectivity index (χ0) is 12.5. The van der Waals surface area contributed by atoms with Crippen LogP contribution < -0.4 is 0 Å². The lowest BCUT2D eigenvalue weighted by atomic mass is 9.87. The third-order valence-corrected chi connectivity index (χ3v) is 4.47.